The first-order valence-corrected chi connectivity index (χ1v) is 7.34. The van der Waals surface area contributed by atoms with Crippen LogP contribution in [0, 0.1) is 5.92 Å². The number of hydrogen-bond acceptors (Lipinski definition) is 4. The molecular formula is C15H19N3O4. The molecule has 1 saturated heterocycles. The second-order valence-corrected chi connectivity index (χ2v) is 5.50. The van der Waals surface area contributed by atoms with Crippen LogP contribution in [0.15, 0.2) is 18.2 Å². The van der Waals surface area contributed by atoms with Gasteiger partial charge in [0.15, 0.2) is 11.5 Å². The zero-order valence-electron chi connectivity index (χ0n) is 12.2. The molecule has 3 rings (SSSR count). The maximum absolute atomic E-state index is 12.0. The molecule has 2 aliphatic rings. The molecule has 0 radical (unpaired) electrons. The zero-order valence-corrected chi connectivity index (χ0v) is 12.2. The highest BCUT2D eigenvalue weighted by Crippen LogP contribution is 2.32. The van der Waals surface area contributed by atoms with E-state index in [9.17, 15) is 9.59 Å². The number of urea groups is 1. The lowest BCUT2D eigenvalue weighted by atomic mass is 10.1. The minimum Gasteiger partial charge on any atom is -0.454 e. The number of hydrogen-bond donors (Lipinski definition) is 2. The fourth-order valence-electron chi connectivity index (χ4n) is 2.70. The van der Waals surface area contributed by atoms with Crippen molar-refractivity contribution >= 4 is 11.9 Å². The SMILES string of the molecule is NC(=O)[C@H]1CCN(C(=O)NCCc2ccc3c(c2)OCO3)C1. The second kappa shape index (κ2) is 6.13. The highest BCUT2D eigenvalue weighted by atomic mass is 16.7. The Balaban J connectivity index is 1.45. The van der Waals surface area contributed by atoms with Crippen molar-refractivity contribution in [1.29, 1.82) is 0 Å². The van der Waals surface area contributed by atoms with E-state index in [-0.39, 0.29) is 24.6 Å². The first-order valence-electron chi connectivity index (χ1n) is 7.34. The van der Waals surface area contributed by atoms with Crippen molar-refractivity contribution in [3.63, 3.8) is 0 Å². The van der Waals surface area contributed by atoms with Gasteiger partial charge < -0.3 is 25.4 Å². The zero-order chi connectivity index (χ0) is 15.5. The van der Waals surface area contributed by atoms with Gasteiger partial charge in [0.1, 0.15) is 0 Å². The van der Waals surface area contributed by atoms with Gasteiger partial charge in [-0.3, -0.25) is 4.79 Å². The van der Waals surface area contributed by atoms with E-state index in [2.05, 4.69) is 5.32 Å². The van der Waals surface area contributed by atoms with Crippen molar-refractivity contribution in [2.75, 3.05) is 26.4 Å². The number of carbonyl (C=O) groups excluding carboxylic acids is 2. The number of ether oxygens (including phenoxy) is 2. The Morgan fingerprint density at radius 3 is 2.91 bits per heavy atom. The fourth-order valence-corrected chi connectivity index (χ4v) is 2.70. The fraction of sp³-hybridized carbons (Fsp3) is 0.467. The average molecular weight is 305 g/mol. The number of amides is 3. The number of likely N-dealkylation sites (tertiary alicyclic amines) is 1. The Morgan fingerprint density at radius 1 is 1.32 bits per heavy atom. The molecule has 7 heteroatoms. The van der Waals surface area contributed by atoms with Crippen LogP contribution in [0.3, 0.4) is 0 Å². The van der Waals surface area contributed by atoms with Gasteiger partial charge in [0, 0.05) is 19.6 Å². The van der Waals surface area contributed by atoms with Crippen LogP contribution >= 0.6 is 0 Å². The molecule has 0 bridgehead atoms. The maximum Gasteiger partial charge on any atom is 0.317 e. The summed E-state index contributed by atoms with van der Waals surface area (Å²) in [5, 5.41) is 2.86. The lowest BCUT2D eigenvalue weighted by Crippen LogP contribution is -2.40. The molecule has 0 aliphatic carbocycles. The van der Waals surface area contributed by atoms with Crippen molar-refractivity contribution in [3.05, 3.63) is 23.8 Å². The van der Waals surface area contributed by atoms with Gasteiger partial charge in [-0.2, -0.15) is 0 Å². The van der Waals surface area contributed by atoms with Crippen LogP contribution in [-0.4, -0.2) is 43.3 Å². The van der Waals surface area contributed by atoms with Crippen molar-refractivity contribution < 1.29 is 19.1 Å². The number of benzene rings is 1. The van der Waals surface area contributed by atoms with Gasteiger partial charge in [0.2, 0.25) is 12.7 Å². The van der Waals surface area contributed by atoms with E-state index in [0.717, 1.165) is 17.1 Å². The molecule has 2 aliphatic heterocycles. The molecule has 0 saturated carbocycles. The lowest BCUT2D eigenvalue weighted by molar-refractivity contribution is -0.121. The van der Waals surface area contributed by atoms with Crippen LogP contribution < -0.4 is 20.5 Å². The van der Waals surface area contributed by atoms with E-state index >= 15 is 0 Å². The number of primary amides is 1. The standard InChI is InChI=1S/C15H19N3O4/c16-14(19)11-4-6-18(8-11)15(20)17-5-3-10-1-2-12-13(7-10)22-9-21-12/h1-2,7,11H,3-6,8-9H2,(H2,16,19)(H,17,20)/t11-/m0/s1. The Hall–Kier alpha value is -2.44. The summed E-state index contributed by atoms with van der Waals surface area (Å²) in [5.74, 6) is 0.935. The minimum atomic E-state index is -0.337. The molecule has 118 valence electrons. The molecule has 2 heterocycles. The normalized spacial score (nSPS) is 19.3. The summed E-state index contributed by atoms with van der Waals surface area (Å²) < 4.78 is 10.6. The molecule has 1 aromatic carbocycles. The molecule has 3 amide bonds. The number of nitrogens with two attached hydrogens (primary N) is 1. The van der Waals surface area contributed by atoms with Crippen LogP contribution in [0.5, 0.6) is 11.5 Å². The minimum absolute atomic E-state index is 0.149. The molecular weight excluding hydrogens is 286 g/mol. The number of carbonyl (C=O) groups is 2. The van der Waals surface area contributed by atoms with Gasteiger partial charge in [0.05, 0.1) is 5.92 Å². The first-order chi connectivity index (χ1) is 10.6. The van der Waals surface area contributed by atoms with Gasteiger partial charge in [0.25, 0.3) is 0 Å². The van der Waals surface area contributed by atoms with E-state index in [4.69, 9.17) is 15.2 Å². The maximum atomic E-state index is 12.0. The van der Waals surface area contributed by atoms with Crippen molar-refractivity contribution in [1.82, 2.24) is 10.2 Å². The lowest BCUT2D eigenvalue weighted by Gasteiger charge is -2.16. The van der Waals surface area contributed by atoms with Crippen LogP contribution in [0.1, 0.15) is 12.0 Å². The Morgan fingerprint density at radius 2 is 2.14 bits per heavy atom. The second-order valence-electron chi connectivity index (χ2n) is 5.50. The molecule has 0 unspecified atom stereocenters. The predicted molar refractivity (Wildman–Crippen MR) is 78.5 cm³/mol. The number of rotatable bonds is 4. The topological polar surface area (TPSA) is 93.9 Å². The molecule has 22 heavy (non-hydrogen) atoms. The molecule has 0 aromatic heterocycles. The van der Waals surface area contributed by atoms with Crippen LogP contribution in [0.4, 0.5) is 4.79 Å². The van der Waals surface area contributed by atoms with Crippen LogP contribution in [0.25, 0.3) is 0 Å². The van der Waals surface area contributed by atoms with Gasteiger partial charge >= 0.3 is 6.03 Å². The molecule has 1 aromatic rings. The number of nitrogens with zero attached hydrogens (tertiary/aromatic N) is 1. The summed E-state index contributed by atoms with van der Waals surface area (Å²) in [6, 6.07) is 5.60. The van der Waals surface area contributed by atoms with E-state index < -0.39 is 0 Å². The number of nitrogens with one attached hydrogen (secondary N) is 1. The summed E-state index contributed by atoms with van der Waals surface area (Å²) in [6.07, 6.45) is 1.35. The molecule has 3 N–H and O–H groups in total. The highest BCUT2D eigenvalue weighted by Gasteiger charge is 2.29. The molecule has 0 spiro atoms. The summed E-state index contributed by atoms with van der Waals surface area (Å²) in [7, 11) is 0. The van der Waals surface area contributed by atoms with Crippen LogP contribution in [-0.2, 0) is 11.2 Å². The quantitative estimate of drug-likeness (QED) is 0.845. The summed E-state index contributed by atoms with van der Waals surface area (Å²) in [5.41, 5.74) is 6.33. The summed E-state index contributed by atoms with van der Waals surface area (Å²) in [6.45, 7) is 1.76. The molecule has 1 fully saturated rings. The average Bonchev–Trinajstić information content (AvgIpc) is 3.16. The highest BCUT2D eigenvalue weighted by molar-refractivity contribution is 5.80. The molecule has 1 atom stereocenters. The summed E-state index contributed by atoms with van der Waals surface area (Å²) in [4.78, 5) is 24.7. The van der Waals surface area contributed by atoms with Gasteiger partial charge in [-0.05, 0) is 30.5 Å². The Kier molecular flexibility index (Phi) is 4.04. The van der Waals surface area contributed by atoms with Crippen molar-refractivity contribution in [3.8, 4) is 11.5 Å². The Bertz CT molecular complexity index is 590. The Labute approximate surface area is 128 Å². The van der Waals surface area contributed by atoms with Crippen molar-refractivity contribution in [2.24, 2.45) is 11.7 Å². The van der Waals surface area contributed by atoms with Gasteiger partial charge in [-0.25, -0.2) is 4.79 Å². The first kappa shape index (κ1) is 14.5. The van der Waals surface area contributed by atoms with E-state index in [0.29, 0.717) is 32.5 Å². The monoisotopic (exact) mass is 305 g/mol. The van der Waals surface area contributed by atoms with E-state index in [1.165, 1.54) is 0 Å². The van der Waals surface area contributed by atoms with Gasteiger partial charge in [-0.15, -0.1) is 0 Å². The van der Waals surface area contributed by atoms with Gasteiger partial charge in [-0.1, -0.05) is 6.07 Å². The van der Waals surface area contributed by atoms with Crippen LogP contribution in [0.2, 0.25) is 0 Å². The summed E-state index contributed by atoms with van der Waals surface area (Å²) >= 11 is 0. The smallest absolute Gasteiger partial charge is 0.317 e. The number of fused-ring (bicyclic) bond motifs is 1. The third kappa shape index (κ3) is 3.08. The molecule has 7 nitrogen and oxygen atoms in total. The third-order valence-corrected chi connectivity index (χ3v) is 4.00. The van der Waals surface area contributed by atoms with E-state index in [1.54, 1.807) is 4.90 Å². The predicted octanol–water partition coefficient (Wildman–Crippen LogP) is 0.475. The van der Waals surface area contributed by atoms with Crippen molar-refractivity contribution in [2.45, 2.75) is 12.8 Å². The largest absolute Gasteiger partial charge is 0.454 e. The van der Waals surface area contributed by atoms with E-state index in [1.807, 2.05) is 18.2 Å². The third-order valence-electron chi connectivity index (χ3n) is 4.00.